The van der Waals surface area contributed by atoms with E-state index in [0.717, 1.165) is 47.2 Å². The Labute approximate surface area is 122 Å². The number of fused-ring (bicyclic) bond motifs is 1. The Morgan fingerprint density at radius 2 is 2.16 bits per heavy atom. The van der Waals surface area contributed by atoms with E-state index in [9.17, 15) is 0 Å². The van der Waals surface area contributed by atoms with Gasteiger partial charge in [0.25, 0.3) is 0 Å². The number of benzene rings is 1. The van der Waals surface area contributed by atoms with E-state index in [4.69, 9.17) is 9.15 Å². The van der Waals surface area contributed by atoms with Gasteiger partial charge in [-0.25, -0.2) is 0 Å². The Kier molecular flexibility index (Phi) is 5.43. The van der Waals surface area contributed by atoms with Crippen molar-refractivity contribution in [3.8, 4) is 0 Å². The topological polar surface area (TPSA) is 34.4 Å². The van der Waals surface area contributed by atoms with Gasteiger partial charge in [0, 0.05) is 23.6 Å². The predicted octanol–water partition coefficient (Wildman–Crippen LogP) is 4.27. The number of furan rings is 1. The van der Waals surface area contributed by atoms with Gasteiger partial charge < -0.3 is 14.5 Å². The van der Waals surface area contributed by atoms with Gasteiger partial charge in [0.2, 0.25) is 0 Å². The van der Waals surface area contributed by atoms with Crippen LogP contribution in [0.15, 0.2) is 33.2 Å². The minimum absolute atomic E-state index is 0.230. The number of methoxy groups -OCH3 is 1. The lowest BCUT2D eigenvalue weighted by atomic mass is 10.2. The van der Waals surface area contributed by atoms with E-state index in [1.165, 1.54) is 0 Å². The molecule has 0 radical (unpaired) electrons. The molecule has 1 aromatic carbocycles. The second-order valence-corrected chi connectivity index (χ2v) is 5.62. The molecule has 0 saturated heterocycles. The highest BCUT2D eigenvalue weighted by Crippen LogP contribution is 2.26. The molecule has 3 nitrogen and oxygen atoms in total. The molecule has 0 fully saturated rings. The zero-order valence-electron chi connectivity index (χ0n) is 11.4. The van der Waals surface area contributed by atoms with Crippen molar-refractivity contribution in [2.24, 2.45) is 0 Å². The first-order valence-electron chi connectivity index (χ1n) is 6.62. The zero-order valence-corrected chi connectivity index (χ0v) is 13.0. The van der Waals surface area contributed by atoms with Gasteiger partial charge in [-0.1, -0.05) is 15.9 Å². The Balaban J connectivity index is 1.91. The molecule has 1 atom stereocenters. The van der Waals surface area contributed by atoms with Crippen molar-refractivity contribution in [3.05, 3.63) is 34.5 Å². The molecule has 1 unspecified atom stereocenters. The summed E-state index contributed by atoms with van der Waals surface area (Å²) in [6, 6.07) is 8.40. The Bertz CT molecular complexity index is 524. The number of ether oxygens (including phenoxy) is 1. The molecule has 2 rings (SSSR count). The minimum atomic E-state index is 0.230. The van der Waals surface area contributed by atoms with Crippen LogP contribution in [0.1, 0.15) is 31.6 Å². The Morgan fingerprint density at radius 1 is 1.32 bits per heavy atom. The van der Waals surface area contributed by atoms with E-state index in [2.05, 4.69) is 40.3 Å². The van der Waals surface area contributed by atoms with Crippen LogP contribution in [-0.2, 0) is 4.74 Å². The maximum Gasteiger partial charge on any atom is 0.134 e. The van der Waals surface area contributed by atoms with E-state index in [0.29, 0.717) is 0 Å². The molecule has 0 aliphatic heterocycles. The van der Waals surface area contributed by atoms with Gasteiger partial charge in [0.1, 0.15) is 11.3 Å². The monoisotopic (exact) mass is 325 g/mol. The molecule has 104 valence electrons. The highest BCUT2D eigenvalue weighted by atomic mass is 79.9. The number of rotatable bonds is 7. The molecule has 2 aromatic rings. The smallest absolute Gasteiger partial charge is 0.134 e. The van der Waals surface area contributed by atoms with Gasteiger partial charge >= 0.3 is 0 Å². The summed E-state index contributed by atoms with van der Waals surface area (Å²) in [4.78, 5) is 0. The van der Waals surface area contributed by atoms with Crippen molar-refractivity contribution in [1.82, 2.24) is 5.32 Å². The first-order chi connectivity index (χ1) is 9.20. The van der Waals surface area contributed by atoms with E-state index in [-0.39, 0.29) is 6.04 Å². The summed E-state index contributed by atoms with van der Waals surface area (Å²) in [5.74, 6) is 0.986. The fraction of sp³-hybridized carbons (Fsp3) is 0.467. The molecule has 0 aliphatic rings. The Hall–Kier alpha value is -0.840. The molecule has 0 amide bonds. The van der Waals surface area contributed by atoms with E-state index in [1.807, 2.05) is 12.1 Å². The third kappa shape index (κ3) is 4.06. The molecular weight excluding hydrogens is 306 g/mol. The van der Waals surface area contributed by atoms with Crippen LogP contribution >= 0.6 is 15.9 Å². The molecule has 19 heavy (non-hydrogen) atoms. The first kappa shape index (κ1) is 14.6. The van der Waals surface area contributed by atoms with E-state index >= 15 is 0 Å². The number of unbranched alkanes of at least 4 members (excludes halogenated alkanes) is 1. The summed E-state index contributed by atoms with van der Waals surface area (Å²) >= 11 is 3.48. The standard InChI is InChI=1S/C15H20BrNO2/c1-11(17-7-3-4-8-18-2)15-10-12-9-13(16)5-6-14(12)19-15/h5-6,9-11,17H,3-4,7-8H2,1-2H3. The van der Waals surface area contributed by atoms with Crippen molar-refractivity contribution < 1.29 is 9.15 Å². The van der Waals surface area contributed by atoms with Crippen molar-refractivity contribution in [2.75, 3.05) is 20.3 Å². The number of hydrogen-bond acceptors (Lipinski definition) is 3. The highest BCUT2D eigenvalue weighted by Gasteiger charge is 2.10. The lowest BCUT2D eigenvalue weighted by Crippen LogP contribution is -2.19. The summed E-state index contributed by atoms with van der Waals surface area (Å²) in [7, 11) is 1.74. The van der Waals surface area contributed by atoms with Crippen LogP contribution in [0.4, 0.5) is 0 Å². The molecule has 1 aromatic heterocycles. The largest absolute Gasteiger partial charge is 0.459 e. The fourth-order valence-electron chi connectivity index (χ4n) is 2.04. The van der Waals surface area contributed by atoms with Crippen LogP contribution in [0.5, 0.6) is 0 Å². The maximum absolute atomic E-state index is 5.85. The SMILES string of the molecule is COCCCCNC(C)c1cc2cc(Br)ccc2o1. The summed E-state index contributed by atoms with van der Waals surface area (Å²) in [6.07, 6.45) is 2.20. The van der Waals surface area contributed by atoms with Gasteiger partial charge in [-0.3, -0.25) is 0 Å². The predicted molar refractivity (Wildman–Crippen MR) is 81.4 cm³/mol. The first-order valence-corrected chi connectivity index (χ1v) is 7.41. The summed E-state index contributed by atoms with van der Waals surface area (Å²) in [5.41, 5.74) is 0.936. The van der Waals surface area contributed by atoms with Crippen molar-refractivity contribution in [2.45, 2.75) is 25.8 Å². The molecule has 0 aliphatic carbocycles. The molecular formula is C15H20BrNO2. The van der Waals surface area contributed by atoms with E-state index in [1.54, 1.807) is 7.11 Å². The second kappa shape index (κ2) is 7.08. The maximum atomic E-state index is 5.85. The summed E-state index contributed by atoms with van der Waals surface area (Å²) in [6.45, 7) is 3.93. The second-order valence-electron chi connectivity index (χ2n) is 4.71. The lowest BCUT2D eigenvalue weighted by Gasteiger charge is -2.10. The number of halogens is 1. The van der Waals surface area contributed by atoms with Crippen LogP contribution in [-0.4, -0.2) is 20.3 Å². The molecule has 0 bridgehead atoms. The van der Waals surface area contributed by atoms with Crippen LogP contribution < -0.4 is 5.32 Å². The summed E-state index contributed by atoms with van der Waals surface area (Å²) < 4.78 is 12.0. The van der Waals surface area contributed by atoms with Gasteiger partial charge in [-0.15, -0.1) is 0 Å². The Morgan fingerprint density at radius 3 is 2.95 bits per heavy atom. The van der Waals surface area contributed by atoms with Gasteiger partial charge in [0.15, 0.2) is 0 Å². The zero-order chi connectivity index (χ0) is 13.7. The normalized spacial score (nSPS) is 13.0. The average molecular weight is 326 g/mol. The molecule has 1 heterocycles. The number of nitrogens with one attached hydrogen (secondary N) is 1. The molecule has 0 saturated carbocycles. The van der Waals surface area contributed by atoms with E-state index < -0.39 is 0 Å². The van der Waals surface area contributed by atoms with Crippen molar-refractivity contribution in [3.63, 3.8) is 0 Å². The quantitative estimate of drug-likeness (QED) is 0.772. The molecule has 1 N–H and O–H groups in total. The lowest BCUT2D eigenvalue weighted by molar-refractivity contribution is 0.192. The average Bonchev–Trinajstić information content (AvgIpc) is 2.81. The van der Waals surface area contributed by atoms with Crippen LogP contribution in [0.3, 0.4) is 0 Å². The van der Waals surface area contributed by atoms with Crippen LogP contribution in [0, 0.1) is 0 Å². The van der Waals surface area contributed by atoms with Crippen molar-refractivity contribution in [1.29, 1.82) is 0 Å². The molecule has 0 spiro atoms. The summed E-state index contributed by atoms with van der Waals surface area (Å²) in [5, 5.41) is 4.61. The number of hydrogen-bond donors (Lipinski definition) is 1. The third-order valence-electron chi connectivity index (χ3n) is 3.15. The minimum Gasteiger partial charge on any atom is -0.459 e. The van der Waals surface area contributed by atoms with Crippen LogP contribution in [0.2, 0.25) is 0 Å². The van der Waals surface area contributed by atoms with Gasteiger partial charge in [0.05, 0.1) is 6.04 Å². The van der Waals surface area contributed by atoms with Crippen LogP contribution in [0.25, 0.3) is 11.0 Å². The van der Waals surface area contributed by atoms with Crippen molar-refractivity contribution >= 4 is 26.9 Å². The fourth-order valence-corrected chi connectivity index (χ4v) is 2.42. The van der Waals surface area contributed by atoms with Gasteiger partial charge in [-0.2, -0.15) is 0 Å². The third-order valence-corrected chi connectivity index (χ3v) is 3.64. The van der Waals surface area contributed by atoms with Gasteiger partial charge in [-0.05, 0) is 50.6 Å². The highest BCUT2D eigenvalue weighted by molar-refractivity contribution is 9.10. The molecule has 4 heteroatoms.